The summed E-state index contributed by atoms with van der Waals surface area (Å²) < 4.78 is 0. The molecule has 2 aromatic carbocycles. The molecule has 2 aromatic rings. The highest BCUT2D eigenvalue weighted by Gasteiger charge is 2.24. The normalized spacial score (nSPS) is 15.5. The third-order valence-electron chi connectivity index (χ3n) is 3.16. The maximum absolute atomic E-state index is 12.0. The lowest BCUT2D eigenvalue weighted by Gasteiger charge is -2.01. The van der Waals surface area contributed by atoms with Gasteiger partial charge in [-0.05, 0) is 36.8 Å². The molecule has 19 heavy (non-hydrogen) atoms. The monoisotopic (exact) mass is 269 g/mol. The molecule has 0 atom stereocenters. The number of fused-ring (bicyclic) bond motifs is 1. The van der Waals surface area contributed by atoms with Gasteiger partial charge in [-0.1, -0.05) is 41.4 Å². The molecule has 0 unspecified atom stereocenters. The van der Waals surface area contributed by atoms with Crippen molar-refractivity contribution in [3.8, 4) is 0 Å². The number of anilines is 1. The number of rotatable bonds is 1. The van der Waals surface area contributed by atoms with E-state index in [4.69, 9.17) is 11.6 Å². The van der Waals surface area contributed by atoms with Crippen LogP contribution in [0.1, 0.15) is 16.7 Å². The summed E-state index contributed by atoms with van der Waals surface area (Å²) in [6, 6.07) is 13.4. The van der Waals surface area contributed by atoms with Gasteiger partial charge in [0.1, 0.15) is 0 Å². The van der Waals surface area contributed by atoms with Crippen LogP contribution in [-0.4, -0.2) is 5.91 Å². The van der Waals surface area contributed by atoms with Crippen molar-refractivity contribution in [3.05, 3.63) is 64.2 Å². The Hall–Kier alpha value is -2.06. The first kappa shape index (κ1) is 12.0. The lowest BCUT2D eigenvalue weighted by atomic mass is 10.0. The van der Waals surface area contributed by atoms with Crippen LogP contribution in [0.3, 0.4) is 0 Å². The van der Waals surface area contributed by atoms with Crippen molar-refractivity contribution in [2.75, 3.05) is 5.32 Å². The molecule has 1 N–H and O–H groups in total. The Morgan fingerprint density at radius 1 is 1.16 bits per heavy atom. The van der Waals surface area contributed by atoms with Crippen molar-refractivity contribution >= 4 is 34.8 Å². The van der Waals surface area contributed by atoms with E-state index in [0.29, 0.717) is 10.6 Å². The molecule has 0 radical (unpaired) electrons. The predicted molar refractivity (Wildman–Crippen MR) is 79.1 cm³/mol. The number of hydrogen-bond acceptors (Lipinski definition) is 1. The fraction of sp³-hybridized carbons (Fsp3) is 0.0625. The van der Waals surface area contributed by atoms with E-state index >= 15 is 0 Å². The van der Waals surface area contributed by atoms with Crippen molar-refractivity contribution in [3.63, 3.8) is 0 Å². The lowest BCUT2D eigenvalue weighted by Crippen LogP contribution is -2.03. The van der Waals surface area contributed by atoms with Crippen LogP contribution in [0.25, 0.3) is 11.6 Å². The summed E-state index contributed by atoms with van der Waals surface area (Å²) in [6.07, 6.45) is 1.84. The van der Waals surface area contributed by atoms with Gasteiger partial charge in [-0.15, -0.1) is 0 Å². The summed E-state index contributed by atoms with van der Waals surface area (Å²) in [7, 11) is 0. The van der Waals surface area contributed by atoms with E-state index in [1.807, 2.05) is 55.5 Å². The fourth-order valence-electron chi connectivity index (χ4n) is 2.19. The molecule has 0 bridgehead atoms. The Morgan fingerprint density at radius 3 is 2.74 bits per heavy atom. The van der Waals surface area contributed by atoms with E-state index in [2.05, 4.69) is 5.32 Å². The van der Waals surface area contributed by atoms with Crippen LogP contribution < -0.4 is 5.32 Å². The number of carbonyl (C=O) groups is 1. The van der Waals surface area contributed by atoms with Gasteiger partial charge in [0, 0.05) is 21.8 Å². The molecular weight excluding hydrogens is 258 g/mol. The molecule has 2 nitrogen and oxygen atoms in total. The van der Waals surface area contributed by atoms with Crippen LogP contribution >= 0.6 is 11.6 Å². The van der Waals surface area contributed by atoms with Gasteiger partial charge in [0.25, 0.3) is 5.91 Å². The highest BCUT2D eigenvalue weighted by atomic mass is 35.5. The summed E-state index contributed by atoms with van der Waals surface area (Å²) in [5.74, 6) is -0.0829. The number of carbonyl (C=O) groups excluding carboxylic acids is 1. The third kappa shape index (κ3) is 2.15. The van der Waals surface area contributed by atoms with Gasteiger partial charge in [-0.3, -0.25) is 4.79 Å². The van der Waals surface area contributed by atoms with Crippen molar-refractivity contribution in [1.29, 1.82) is 0 Å². The first-order chi connectivity index (χ1) is 9.15. The quantitative estimate of drug-likeness (QED) is 0.775. The number of halogens is 1. The van der Waals surface area contributed by atoms with Gasteiger partial charge < -0.3 is 5.32 Å². The average Bonchev–Trinajstić information content (AvgIpc) is 2.69. The van der Waals surface area contributed by atoms with Crippen LogP contribution in [0.2, 0.25) is 5.02 Å². The smallest absolute Gasteiger partial charge is 0.256 e. The minimum absolute atomic E-state index is 0.0829. The summed E-state index contributed by atoms with van der Waals surface area (Å²) in [5.41, 5.74) is 4.43. The molecule has 1 amide bonds. The molecule has 0 saturated heterocycles. The Balaban J connectivity index is 2.14. The van der Waals surface area contributed by atoms with E-state index in [1.54, 1.807) is 0 Å². The molecule has 94 valence electrons. The zero-order valence-electron chi connectivity index (χ0n) is 10.4. The molecule has 0 saturated carbocycles. The van der Waals surface area contributed by atoms with Crippen LogP contribution in [0.4, 0.5) is 5.69 Å². The van der Waals surface area contributed by atoms with Crippen LogP contribution in [0.15, 0.2) is 42.5 Å². The molecule has 0 aliphatic carbocycles. The van der Waals surface area contributed by atoms with Crippen molar-refractivity contribution in [2.45, 2.75) is 6.92 Å². The third-order valence-corrected chi connectivity index (χ3v) is 3.51. The van der Waals surface area contributed by atoms with Gasteiger partial charge in [0.2, 0.25) is 0 Å². The Bertz CT molecular complexity index is 704. The SMILES string of the molecule is Cc1ccc2c(c1)C(=Cc1ccccc1Cl)C(=O)N2. The van der Waals surface area contributed by atoms with Gasteiger partial charge in [-0.25, -0.2) is 0 Å². The first-order valence-electron chi connectivity index (χ1n) is 6.04. The molecule has 3 heteroatoms. The maximum Gasteiger partial charge on any atom is 0.256 e. The van der Waals surface area contributed by atoms with Gasteiger partial charge >= 0.3 is 0 Å². The zero-order valence-corrected chi connectivity index (χ0v) is 11.2. The summed E-state index contributed by atoms with van der Waals surface area (Å²) in [5, 5.41) is 3.51. The van der Waals surface area contributed by atoms with Crippen LogP contribution in [0.5, 0.6) is 0 Å². The number of benzene rings is 2. The average molecular weight is 270 g/mol. The summed E-state index contributed by atoms with van der Waals surface area (Å²) in [6.45, 7) is 2.01. The minimum atomic E-state index is -0.0829. The highest BCUT2D eigenvalue weighted by Crippen LogP contribution is 2.34. The van der Waals surface area contributed by atoms with Crippen molar-refractivity contribution < 1.29 is 4.79 Å². The van der Waals surface area contributed by atoms with Gasteiger partial charge in [0.15, 0.2) is 0 Å². The number of aryl methyl sites for hydroxylation is 1. The maximum atomic E-state index is 12.0. The molecule has 1 aliphatic heterocycles. The predicted octanol–water partition coefficient (Wildman–Crippen LogP) is 4.14. The van der Waals surface area contributed by atoms with E-state index in [1.165, 1.54) is 0 Å². The Labute approximate surface area is 116 Å². The number of hydrogen-bond donors (Lipinski definition) is 1. The number of nitrogens with one attached hydrogen (secondary N) is 1. The van der Waals surface area contributed by atoms with Gasteiger partial charge in [0.05, 0.1) is 0 Å². The van der Waals surface area contributed by atoms with E-state index in [-0.39, 0.29) is 5.91 Å². The minimum Gasteiger partial charge on any atom is -0.321 e. The van der Waals surface area contributed by atoms with E-state index < -0.39 is 0 Å². The largest absolute Gasteiger partial charge is 0.321 e. The van der Waals surface area contributed by atoms with Crippen LogP contribution in [-0.2, 0) is 4.79 Å². The molecular formula is C16H12ClNO. The second-order valence-corrected chi connectivity index (χ2v) is 4.99. The standard InChI is InChI=1S/C16H12ClNO/c1-10-6-7-15-12(8-10)13(16(19)18-15)9-11-4-2-3-5-14(11)17/h2-9H,1H3,(H,18,19). The summed E-state index contributed by atoms with van der Waals surface area (Å²) >= 11 is 6.13. The Morgan fingerprint density at radius 2 is 1.95 bits per heavy atom. The highest BCUT2D eigenvalue weighted by molar-refractivity contribution is 6.37. The molecule has 0 spiro atoms. The van der Waals surface area contributed by atoms with Crippen molar-refractivity contribution in [1.82, 2.24) is 0 Å². The Kier molecular flexibility index (Phi) is 2.88. The molecule has 0 aromatic heterocycles. The second-order valence-electron chi connectivity index (χ2n) is 4.58. The molecule has 3 rings (SSSR count). The van der Waals surface area contributed by atoms with E-state index in [0.717, 1.165) is 22.4 Å². The molecule has 1 aliphatic rings. The zero-order chi connectivity index (χ0) is 13.4. The van der Waals surface area contributed by atoms with Gasteiger partial charge in [-0.2, -0.15) is 0 Å². The molecule has 1 heterocycles. The summed E-state index contributed by atoms with van der Waals surface area (Å²) in [4.78, 5) is 12.0. The molecule has 0 fully saturated rings. The van der Waals surface area contributed by atoms with Crippen LogP contribution in [0, 0.1) is 6.92 Å². The lowest BCUT2D eigenvalue weighted by molar-refractivity contribution is -0.110. The number of amides is 1. The topological polar surface area (TPSA) is 29.1 Å². The van der Waals surface area contributed by atoms with E-state index in [9.17, 15) is 4.79 Å². The first-order valence-corrected chi connectivity index (χ1v) is 6.41. The fourth-order valence-corrected chi connectivity index (χ4v) is 2.38. The second kappa shape index (κ2) is 4.56. The van der Waals surface area contributed by atoms with Crippen molar-refractivity contribution in [2.24, 2.45) is 0 Å².